The van der Waals surface area contributed by atoms with Crippen LogP contribution in [0.1, 0.15) is 30.1 Å². The number of halogens is 2. The van der Waals surface area contributed by atoms with Crippen molar-refractivity contribution in [3.05, 3.63) is 54.1 Å². The maximum Gasteiger partial charge on any atom is 0.120 e. The van der Waals surface area contributed by atoms with Gasteiger partial charge >= 0.3 is 0 Å². The molecule has 2 aromatic rings. The third kappa shape index (κ3) is 4.23. The van der Waals surface area contributed by atoms with Crippen molar-refractivity contribution in [1.29, 1.82) is 0 Å². The van der Waals surface area contributed by atoms with E-state index in [1.807, 2.05) is 12.4 Å². The van der Waals surface area contributed by atoms with Crippen LogP contribution in [0, 0.1) is 0 Å². The molecule has 20 heavy (non-hydrogen) atoms. The lowest BCUT2D eigenvalue weighted by Gasteiger charge is -2.31. The number of piperidine rings is 1. The second-order valence-corrected chi connectivity index (χ2v) is 5.00. The van der Waals surface area contributed by atoms with Gasteiger partial charge in [-0.25, -0.2) is 4.98 Å². The molecule has 3 rings (SSSR count). The van der Waals surface area contributed by atoms with Gasteiger partial charge in [0.05, 0.1) is 6.54 Å². The van der Waals surface area contributed by atoms with E-state index >= 15 is 0 Å². The molecule has 0 radical (unpaired) electrons. The molecule has 1 fully saturated rings. The fourth-order valence-electron chi connectivity index (χ4n) is 2.75. The fraction of sp³-hybridized carbons (Fsp3) is 0.400. The lowest BCUT2D eigenvalue weighted by atomic mass is 9.89. The highest BCUT2D eigenvalue weighted by molar-refractivity contribution is 5.85. The van der Waals surface area contributed by atoms with Gasteiger partial charge in [0.2, 0.25) is 0 Å². The summed E-state index contributed by atoms with van der Waals surface area (Å²) in [5.74, 6) is 1.81. The van der Waals surface area contributed by atoms with Gasteiger partial charge in [0.25, 0.3) is 0 Å². The summed E-state index contributed by atoms with van der Waals surface area (Å²) in [4.78, 5) is 9.95. The third-order valence-electron chi connectivity index (χ3n) is 3.79. The van der Waals surface area contributed by atoms with Gasteiger partial charge in [-0.2, -0.15) is 0 Å². The summed E-state index contributed by atoms with van der Waals surface area (Å²) in [6.45, 7) is 3.29. The molecule has 1 saturated heterocycles. The molecular weight excluding hydrogens is 293 g/mol. The van der Waals surface area contributed by atoms with E-state index in [0.717, 1.165) is 18.3 Å². The van der Waals surface area contributed by atoms with Crippen molar-refractivity contribution in [3.63, 3.8) is 0 Å². The van der Waals surface area contributed by atoms with Crippen molar-refractivity contribution in [3.8, 4) is 0 Å². The number of H-pyrrole nitrogens is 1. The van der Waals surface area contributed by atoms with Crippen LogP contribution < -0.4 is 0 Å². The maximum absolute atomic E-state index is 4.29. The van der Waals surface area contributed by atoms with Crippen LogP contribution in [-0.4, -0.2) is 28.0 Å². The van der Waals surface area contributed by atoms with E-state index in [-0.39, 0.29) is 24.8 Å². The van der Waals surface area contributed by atoms with E-state index < -0.39 is 0 Å². The van der Waals surface area contributed by atoms with Gasteiger partial charge in [0, 0.05) is 12.4 Å². The Kier molecular flexibility index (Phi) is 7.06. The van der Waals surface area contributed by atoms with Crippen molar-refractivity contribution in [2.75, 3.05) is 13.1 Å². The number of nitrogens with one attached hydrogen (secondary N) is 1. The number of aromatic nitrogens is 2. The van der Waals surface area contributed by atoms with E-state index in [0.29, 0.717) is 0 Å². The lowest BCUT2D eigenvalue weighted by Crippen LogP contribution is -2.32. The van der Waals surface area contributed by atoms with Crippen molar-refractivity contribution in [1.82, 2.24) is 14.9 Å². The molecule has 5 heteroatoms. The topological polar surface area (TPSA) is 31.9 Å². The predicted molar refractivity (Wildman–Crippen MR) is 86.8 cm³/mol. The molecule has 1 aliphatic rings. The Morgan fingerprint density at radius 2 is 1.80 bits per heavy atom. The number of rotatable bonds is 3. The first-order chi connectivity index (χ1) is 8.92. The van der Waals surface area contributed by atoms with Gasteiger partial charge in [0.1, 0.15) is 5.82 Å². The van der Waals surface area contributed by atoms with Crippen molar-refractivity contribution < 1.29 is 0 Å². The molecule has 0 saturated carbocycles. The van der Waals surface area contributed by atoms with Crippen LogP contribution in [0.3, 0.4) is 0 Å². The summed E-state index contributed by atoms with van der Waals surface area (Å²) in [7, 11) is 0. The molecule has 110 valence electrons. The normalized spacial score (nSPS) is 16.2. The van der Waals surface area contributed by atoms with Gasteiger partial charge in [-0.1, -0.05) is 30.3 Å². The van der Waals surface area contributed by atoms with Gasteiger partial charge in [-0.05, 0) is 37.4 Å². The summed E-state index contributed by atoms with van der Waals surface area (Å²) < 4.78 is 0. The summed E-state index contributed by atoms with van der Waals surface area (Å²) in [5, 5.41) is 0. The van der Waals surface area contributed by atoms with Crippen LogP contribution in [0.25, 0.3) is 0 Å². The van der Waals surface area contributed by atoms with Crippen molar-refractivity contribution >= 4 is 24.8 Å². The first kappa shape index (κ1) is 17.0. The van der Waals surface area contributed by atoms with Gasteiger partial charge < -0.3 is 4.98 Å². The molecule has 3 nitrogen and oxygen atoms in total. The summed E-state index contributed by atoms with van der Waals surface area (Å²) in [6, 6.07) is 10.9. The summed E-state index contributed by atoms with van der Waals surface area (Å²) >= 11 is 0. The minimum Gasteiger partial charge on any atom is -0.348 e. The minimum absolute atomic E-state index is 0. The average molecular weight is 314 g/mol. The zero-order chi connectivity index (χ0) is 12.2. The number of nitrogens with zero attached hydrogens (tertiary/aromatic N) is 2. The first-order valence-electron chi connectivity index (χ1n) is 6.67. The number of hydrogen-bond donors (Lipinski definition) is 1. The molecule has 1 aromatic heterocycles. The number of aromatic amines is 1. The SMILES string of the molecule is Cl.Cl.c1ccc(C2CCN(Cc3ncc[nH]3)CC2)cc1. The van der Waals surface area contributed by atoms with Crippen LogP contribution in [0.2, 0.25) is 0 Å². The molecule has 1 aliphatic heterocycles. The monoisotopic (exact) mass is 313 g/mol. The molecule has 0 bridgehead atoms. The number of likely N-dealkylation sites (tertiary alicyclic amines) is 1. The average Bonchev–Trinajstić information content (AvgIpc) is 2.94. The van der Waals surface area contributed by atoms with Gasteiger partial charge in [0.15, 0.2) is 0 Å². The smallest absolute Gasteiger partial charge is 0.120 e. The first-order valence-corrected chi connectivity index (χ1v) is 6.67. The Balaban J connectivity index is 0.000001000. The maximum atomic E-state index is 4.29. The van der Waals surface area contributed by atoms with Gasteiger partial charge in [-0.3, -0.25) is 4.90 Å². The van der Waals surface area contributed by atoms with Crippen molar-refractivity contribution in [2.45, 2.75) is 25.3 Å². The molecule has 1 aromatic carbocycles. The Hall–Kier alpha value is -1.03. The Morgan fingerprint density at radius 3 is 2.40 bits per heavy atom. The zero-order valence-corrected chi connectivity index (χ0v) is 13.0. The van der Waals surface area contributed by atoms with Crippen molar-refractivity contribution in [2.24, 2.45) is 0 Å². The number of imidazole rings is 1. The van der Waals surface area contributed by atoms with Crippen LogP contribution in [0.5, 0.6) is 0 Å². The van der Waals surface area contributed by atoms with Crippen LogP contribution in [-0.2, 0) is 6.54 Å². The second-order valence-electron chi connectivity index (χ2n) is 5.00. The molecule has 0 atom stereocenters. The van der Waals surface area contributed by atoms with E-state index in [1.54, 1.807) is 0 Å². The third-order valence-corrected chi connectivity index (χ3v) is 3.79. The molecule has 0 unspecified atom stereocenters. The molecule has 1 N–H and O–H groups in total. The zero-order valence-electron chi connectivity index (χ0n) is 11.4. The highest BCUT2D eigenvalue weighted by Gasteiger charge is 2.20. The quantitative estimate of drug-likeness (QED) is 0.938. The fourth-order valence-corrected chi connectivity index (χ4v) is 2.75. The molecule has 0 aliphatic carbocycles. The van der Waals surface area contributed by atoms with E-state index in [4.69, 9.17) is 0 Å². The standard InChI is InChI=1S/C15H19N3.2ClH/c1-2-4-13(5-3-1)14-6-10-18(11-7-14)12-15-16-8-9-17-15;;/h1-5,8-9,14H,6-7,10-12H2,(H,16,17);2*1H. The van der Waals surface area contributed by atoms with Crippen LogP contribution >= 0.6 is 24.8 Å². The largest absolute Gasteiger partial charge is 0.348 e. The van der Waals surface area contributed by atoms with E-state index in [9.17, 15) is 0 Å². The highest BCUT2D eigenvalue weighted by Crippen LogP contribution is 2.27. The Bertz CT molecular complexity index is 465. The van der Waals surface area contributed by atoms with Gasteiger partial charge in [-0.15, -0.1) is 24.8 Å². The number of benzene rings is 1. The van der Waals surface area contributed by atoms with Crippen LogP contribution in [0.15, 0.2) is 42.7 Å². The minimum atomic E-state index is 0. The summed E-state index contributed by atoms with van der Waals surface area (Å²) in [6.07, 6.45) is 6.23. The molecule has 0 amide bonds. The Morgan fingerprint density at radius 1 is 1.10 bits per heavy atom. The molecule has 0 spiro atoms. The molecular formula is C15H21Cl2N3. The lowest BCUT2D eigenvalue weighted by molar-refractivity contribution is 0.200. The Labute approximate surface area is 132 Å². The predicted octanol–water partition coefficient (Wildman–Crippen LogP) is 3.63. The van der Waals surface area contributed by atoms with E-state index in [2.05, 4.69) is 45.2 Å². The second kappa shape index (κ2) is 8.30. The van der Waals surface area contributed by atoms with Crippen LogP contribution in [0.4, 0.5) is 0 Å². The molecule has 2 heterocycles. The van der Waals surface area contributed by atoms with E-state index in [1.165, 1.54) is 31.5 Å². The number of hydrogen-bond acceptors (Lipinski definition) is 2. The summed E-state index contributed by atoms with van der Waals surface area (Å²) in [5.41, 5.74) is 1.50. The highest BCUT2D eigenvalue weighted by atomic mass is 35.5.